The molecule has 0 atom stereocenters. The van der Waals surface area contributed by atoms with Gasteiger partial charge in [0.25, 0.3) is 0 Å². The minimum atomic E-state index is -0.537. The van der Waals surface area contributed by atoms with Crippen LogP contribution in [-0.4, -0.2) is 53.3 Å². The van der Waals surface area contributed by atoms with E-state index in [0.717, 1.165) is 25.3 Å². The third-order valence-corrected chi connectivity index (χ3v) is 1.20. The van der Waals surface area contributed by atoms with Crippen LogP contribution in [0.15, 0.2) is 11.8 Å². The Morgan fingerprint density at radius 1 is 0.952 bits per heavy atom. The van der Waals surface area contributed by atoms with Gasteiger partial charge in [0.05, 0.1) is 18.9 Å². The molecule has 0 aliphatic carbocycles. The van der Waals surface area contributed by atoms with Gasteiger partial charge in [-0.05, 0) is 26.2 Å². The fourth-order valence-electron chi connectivity index (χ4n) is 0.229. The summed E-state index contributed by atoms with van der Waals surface area (Å²) in [5.41, 5.74) is 0. The van der Waals surface area contributed by atoms with Gasteiger partial charge in [-0.1, -0.05) is 20.8 Å². The second-order valence-electron chi connectivity index (χ2n) is 3.48. The first-order valence-electron chi connectivity index (χ1n) is 6.69. The third-order valence-electron chi connectivity index (χ3n) is 1.20. The first kappa shape index (κ1) is 32.5. The number of allylic oxidation sites excluding steroid dienone is 1. The molecule has 0 amide bonds. The van der Waals surface area contributed by atoms with Crippen molar-refractivity contribution in [2.24, 2.45) is 0 Å². The monoisotopic (exact) mass is 344 g/mol. The van der Waals surface area contributed by atoms with Crippen LogP contribution < -0.4 is 0 Å². The Labute approximate surface area is 143 Å². The smallest absolute Gasteiger partial charge is 0.333 e. The maximum absolute atomic E-state index is 10.2. The van der Waals surface area contributed by atoms with Gasteiger partial charge in [-0.25, -0.2) is 4.79 Å². The number of ether oxygens (including phenoxy) is 1. The minimum absolute atomic E-state index is 0. The number of carbonyl (C=O) groups excluding carboxylic acids is 1. The summed E-state index contributed by atoms with van der Waals surface area (Å²) in [6, 6.07) is 0. The third kappa shape index (κ3) is 82.1. The Kier molecular flexibility index (Phi) is 56.8. The summed E-state index contributed by atoms with van der Waals surface area (Å²) in [4.78, 5) is 10.2. The fourth-order valence-corrected chi connectivity index (χ4v) is 0.229. The van der Waals surface area contributed by atoms with Crippen LogP contribution in [0.5, 0.6) is 0 Å². The van der Waals surface area contributed by atoms with Crippen LogP contribution in [0, 0.1) is 0 Å². The quantitative estimate of drug-likeness (QED) is 0.268. The second kappa shape index (κ2) is 36.7. The van der Waals surface area contributed by atoms with E-state index < -0.39 is 5.97 Å². The predicted octanol–water partition coefficient (Wildman–Crippen LogP) is 1.78. The molecule has 0 bridgehead atoms. The second-order valence-corrected chi connectivity index (χ2v) is 3.48. The largest absolute Gasteiger partial charge is 0.512 e. The Balaban J connectivity index is -0.0000000570. The zero-order chi connectivity index (χ0) is 16.8. The number of aliphatic hydroxyl groups excluding tert-OH is 4. The summed E-state index contributed by atoms with van der Waals surface area (Å²) in [5, 5.41) is 32.0. The molecule has 0 aromatic carbocycles. The molecule has 0 unspecified atom stereocenters. The van der Waals surface area contributed by atoms with E-state index in [-0.39, 0.29) is 27.5 Å². The maximum Gasteiger partial charge on any atom is 0.333 e. The van der Waals surface area contributed by atoms with Crippen LogP contribution >= 0.6 is 0 Å². The molecule has 0 saturated carbocycles. The summed E-state index contributed by atoms with van der Waals surface area (Å²) in [7, 11) is 1.25. The van der Waals surface area contributed by atoms with E-state index in [0.29, 0.717) is 19.8 Å². The first-order valence-corrected chi connectivity index (χ1v) is 6.69. The molecule has 6 nitrogen and oxygen atoms in total. The number of methoxy groups -OCH3 is 1. The predicted molar refractivity (Wildman–Crippen MR) is 80.5 cm³/mol. The zero-order valence-electron chi connectivity index (χ0n) is 13.9. The van der Waals surface area contributed by atoms with E-state index in [1.165, 1.54) is 14.0 Å². The molecule has 0 aliphatic rings. The summed E-state index contributed by atoms with van der Waals surface area (Å²) in [5.74, 6) is -0.582. The molecule has 0 heterocycles. The molecule has 0 saturated heterocycles. The average molecular weight is 344 g/mol. The van der Waals surface area contributed by atoms with E-state index in [1.54, 1.807) is 0 Å². The van der Waals surface area contributed by atoms with E-state index >= 15 is 0 Å². The normalized spacial score (nSPS) is 8.48. The first-order chi connectivity index (χ1) is 9.41. The van der Waals surface area contributed by atoms with Crippen LogP contribution in [-0.2, 0) is 31.2 Å². The van der Waals surface area contributed by atoms with Crippen LogP contribution in [0.4, 0.5) is 0 Å². The molecule has 21 heavy (non-hydrogen) atoms. The Morgan fingerprint density at radius 2 is 1.19 bits per heavy atom. The summed E-state index contributed by atoms with van der Waals surface area (Å²) < 4.78 is 4.19. The van der Waals surface area contributed by atoms with E-state index in [9.17, 15) is 4.79 Å². The number of aliphatic hydroxyl groups is 4. The van der Waals surface area contributed by atoms with Gasteiger partial charge in [-0.2, -0.15) is 0 Å². The van der Waals surface area contributed by atoms with Gasteiger partial charge in [-0.15, -0.1) is 0 Å². The Morgan fingerprint density at radius 3 is 1.24 bits per heavy atom. The van der Waals surface area contributed by atoms with Gasteiger partial charge in [-0.3, -0.25) is 0 Å². The van der Waals surface area contributed by atoms with Gasteiger partial charge in [0.2, 0.25) is 0 Å². The van der Waals surface area contributed by atoms with Crippen LogP contribution in [0.1, 0.15) is 47.0 Å². The van der Waals surface area contributed by atoms with Crippen molar-refractivity contribution in [3.63, 3.8) is 0 Å². The number of rotatable bonds is 4. The van der Waals surface area contributed by atoms with Crippen LogP contribution in [0.3, 0.4) is 0 Å². The molecule has 0 radical (unpaired) electrons. The van der Waals surface area contributed by atoms with Crippen molar-refractivity contribution in [3.8, 4) is 0 Å². The summed E-state index contributed by atoms with van der Waals surface area (Å²) in [6.45, 7) is 8.15. The molecule has 128 valence electrons. The van der Waals surface area contributed by atoms with E-state index in [2.05, 4.69) is 4.74 Å². The Bertz CT molecular complexity index is 178. The van der Waals surface area contributed by atoms with Gasteiger partial charge in [0.1, 0.15) is 0 Å². The molecular weight excluding hydrogens is 312 g/mol. The molecule has 0 aromatic rings. The van der Waals surface area contributed by atoms with Crippen molar-refractivity contribution in [1.82, 2.24) is 0 Å². The molecule has 0 aliphatic heterocycles. The number of hydrogen-bond acceptors (Lipinski definition) is 6. The van der Waals surface area contributed by atoms with Gasteiger partial charge < -0.3 is 25.2 Å². The van der Waals surface area contributed by atoms with Crippen LogP contribution in [0.25, 0.3) is 0 Å². The topological polar surface area (TPSA) is 107 Å². The van der Waals surface area contributed by atoms with Crippen molar-refractivity contribution in [2.75, 3.05) is 26.9 Å². The van der Waals surface area contributed by atoms with Gasteiger partial charge in [0, 0.05) is 41.5 Å². The average Bonchev–Trinajstić information content (AvgIpc) is 2.47. The van der Waals surface area contributed by atoms with Crippen molar-refractivity contribution in [1.29, 1.82) is 0 Å². The molecule has 0 rings (SSSR count). The van der Waals surface area contributed by atoms with E-state index in [1.807, 2.05) is 20.8 Å². The molecule has 0 aromatic heterocycles. The van der Waals surface area contributed by atoms with Crippen molar-refractivity contribution >= 4 is 5.97 Å². The van der Waals surface area contributed by atoms with E-state index in [4.69, 9.17) is 20.4 Å². The molecule has 0 fully saturated rings. The van der Waals surface area contributed by atoms with Crippen molar-refractivity contribution in [2.45, 2.75) is 47.0 Å². The fraction of sp³-hybridized carbons (Fsp3) is 0.786. The SMILES string of the molecule is CCCO.CCCO.CCCO.COC(=O)C=C(C)O.[Ti]. The number of esters is 1. The summed E-state index contributed by atoms with van der Waals surface area (Å²) >= 11 is 0. The zero-order valence-corrected chi connectivity index (χ0v) is 15.5. The number of carbonyl (C=O) groups is 1. The minimum Gasteiger partial charge on any atom is -0.512 e. The van der Waals surface area contributed by atoms with Crippen molar-refractivity contribution < 1.29 is 51.7 Å². The van der Waals surface area contributed by atoms with Gasteiger partial charge in [0.15, 0.2) is 0 Å². The maximum atomic E-state index is 10.2. The van der Waals surface area contributed by atoms with Gasteiger partial charge >= 0.3 is 5.97 Å². The van der Waals surface area contributed by atoms with Crippen LogP contribution in [0.2, 0.25) is 0 Å². The molecule has 4 N–H and O–H groups in total. The molecule has 7 heteroatoms. The summed E-state index contributed by atoms with van der Waals surface area (Å²) in [6.07, 6.45) is 3.62. The Hall–Kier alpha value is -0.396. The standard InChI is InChI=1S/C5H8O3.3C3H8O.Ti/c1-4(6)3-5(7)8-2;3*1-2-3-4;/h3,6H,1-2H3;3*4H,2-3H2,1H3;. The molecular formula is C14H32O6Ti. The number of hydrogen-bond donors (Lipinski definition) is 4. The molecule has 0 spiro atoms. The van der Waals surface area contributed by atoms with Crippen molar-refractivity contribution in [3.05, 3.63) is 11.8 Å².